The van der Waals surface area contributed by atoms with Crippen molar-refractivity contribution in [3.05, 3.63) is 78.4 Å². The molecule has 1 fully saturated rings. The highest BCUT2D eigenvalue weighted by Crippen LogP contribution is 2.28. The molecule has 26 heavy (non-hydrogen) atoms. The summed E-state index contributed by atoms with van der Waals surface area (Å²) in [6.07, 6.45) is 2.04. The molecule has 1 amide bonds. The summed E-state index contributed by atoms with van der Waals surface area (Å²) in [5, 5.41) is 2.17. The van der Waals surface area contributed by atoms with Crippen LogP contribution in [0.25, 0.3) is 10.8 Å². The number of amides is 1. The van der Waals surface area contributed by atoms with Crippen molar-refractivity contribution < 1.29 is 9.53 Å². The van der Waals surface area contributed by atoms with E-state index in [4.69, 9.17) is 4.74 Å². The van der Waals surface area contributed by atoms with E-state index in [1.807, 2.05) is 41.3 Å². The third-order valence-corrected chi connectivity index (χ3v) is 5.22. The lowest BCUT2D eigenvalue weighted by atomic mass is 9.89. The van der Waals surface area contributed by atoms with Crippen LogP contribution in [0.3, 0.4) is 0 Å². The van der Waals surface area contributed by atoms with Gasteiger partial charge in [-0.05, 0) is 35.8 Å². The molecule has 3 nitrogen and oxygen atoms in total. The Labute approximate surface area is 154 Å². The highest BCUT2D eigenvalue weighted by atomic mass is 16.5. The summed E-state index contributed by atoms with van der Waals surface area (Å²) in [6, 6.07) is 24.6. The Morgan fingerprint density at radius 3 is 2.38 bits per heavy atom. The normalized spacial score (nSPS) is 15.2. The number of hydrogen-bond donors (Lipinski definition) is 0. The van der Waals surface area contributed by atoms with Crippen LogP contribution in [0.1, 0.15) is 24.3 Å². The first kappa shape index (κ1) is 16.6. The summed E-state index contributed by atoms with van der Waals surface area (Å²) in [4.78, 5) is 14.5. The smallest absolute Gasteiger partial charge is 0.260 e. The maximum absolute atomic E-state index is 12.6. The lowest BCUT2D eigenvalue weighted by molar-refractivity contribution is -0.134. The second-order valence-corrected chi connectivity index (χ2v) is 6.83. The van der Waals surface area contributed by atoms with Gasteiger partial charge in [-0.1, -0.05) is 66.7 Å². The molecule has 0 bridgehead atoms. The summed E-state index contributed by atoms with van der Waals surface area (Å²) in [5.74, 6) is 1.40. The number of rotatable bonds is 4. The van der Waals surface area contributed by atoms with Gasteiger partial charge in [0, 0.05) is 18.5 Å². The number of ether oxygens (including phenoxy) is 1. The Morgan fingerprint density at radius 1 is 0.885 bits per heavy atom. The number of nitrogens with zero attached hydrogens (tertiary/aromatic N) is 1. The first-order valence-corrected chi connectivity index (χ1v) is 9.24. The van der Waals surface area contributed by atoms with Gasteiger partial charge >= 0.3 is 0 Å². The van der Waals surface area contributed by atoms with Crippen LogP contribution in [0.15, 0.2) is 72.8 Å². The van der Waals surface area contributed by atoms with E-state index in [9.17, 15) is 4.79 Å². The average Bonchev–Trinajstić information content (AvgIpc) is 2.73. The molecule has 1 aliphatic rings. The lowest BCUT2D eigenvalue weighted by Crippen LogP contribution is -2.40. The van der Waals surface area contributed by atoms with Gasteiger partial charge in [0.15, 0.2) is 6.61 Å². The summed E-state index contributed by atoms with van der Waals surface area (Å²) >= 11 is 0. The highest BCUT2D eigenvalue weighted by molar-refractivity contribution is 5.88. The van der Waals surface area contributed by atoms with Crippen molar-refractivity contribution >= 4 is 16.7 Å². The molecule has 0 aliphatic carbocycles. The summed E-state index contributed by atoms with van der Waals surface area (Å²) < 4.78 is 5.85. The fourth-order valence-corrected chi connectivity index (χ4v) is 3.74. The van der Waals surface area contributed by atoms with Crippen molar-refractivity contribution in [1.29, 1.82) is 0 Å². The summed E-state index contributed by atoms with van der Waals surface area (Å²) in [7, 11) is 0. The van der Waals surface area contributed by atoms with E-state index < -0.39 is 0 Å². The average molecular weight is 345 g/mol. The van der Waals surface area contributed by atoms with Crippen LogP contribution >= 0.6 is 0 Å². The summed E-state index contributed by atoms with van der Waals surface area (Å²) in [6.45, 7) is 1.71. The Bertz CT molecular complexity index is 878. The molecule has 0 unspecified atom stereocenters. The molecule has 0 aromatic heterocycles. The fraction of sp³-hybridized carbons (Fsp3) is 0.261. The highest BCUT2D eigenvalue weighted by Gasteiger charge is 2.24. The number of piperidine rings is 1. The molecule has 4 rings (SSSR count). The van der Waals surface area contributed by atoms with Gasteiger partial charge in [-0.3, -0.25) is 4.79 Å². The maximum atomic E-state index is 12.6. The first-order valence-electron chi connectivity index (χ1n) is 9.24. The lowest BCUT2D eigenvalue weighted by Gasteiger charge is -2.32. The number of hydrogen-bond acceptors (Lipinski definition) is 2. The van der Waals surface area contributed by atoms with E-state index in [0.29, 0.717) is 5.92 Å². The fourth-order valence-electron chi connectivity index (χ4n) is 3.74. The molecule has 0 spiro atoms. The Balaban J connectivity index is 1.34. The largest absolute Gasteiger partial charge is 0.483 e. The predicted molar refractivity (Wildman–Crippen MR) is 104 cm³/mol. The van der Waals surface area contributed by atoms with E-state index in [2.05, 4.69) is 36.4 Å². The van der Waals surface area contributed by atoms with Crippen LogP contribution in [0, 0.1) is 0 Å². The zero-order valence-corrected chi connectivity index (χ0v) is 14.8. The van der Waals surface area contributed by atoms with E-state index >= 15 is 0 Å². The molecule has 0 radical (unpaired) electrons. The van der Waals surface area contributed by atoms with E-state index in [1.54, 1.807) is 0 Å². The molecule has 0 atom stereocenters. The first-order chi connectivity index (χ1) is 12.8. The number of fused-ring (bicyclic) bond motifs is 1. The van der Waals surface area contributed by atoms with E-state index in [1.165, 1.54) is 5.56 Å². The third kappa shape index (κ3) is 3.57. The number of carbonyl (C=O) groups excluding carboxylic acids is 1. The second-order valence-electron chi connectivity index (χ2n) is 6.83. The minimum absolute atomic E-state index is 0.0736. The maximum Gasteiger partial charge on any atom is 0.260 e. The Morgan fingerprint density at radius 2 is 1.58 bits per heavy atom. The van der Waals surface area contributed by atoms with Gasteiger partial charge in [0.05, 0.1) is 0 Å². The molecular formula is C23H23NO2. The van der Waals surface area contributed by atoms with Crippen molar-refractivity contribution in [2.45, 2.75) is 18.8 Å². The number of carbonyl (C=O) groups is 1. The van der Waals surface area contributed by atoms with Crippen LogP contribution in [0.2, 0.25) is 0 Å². The van der Waals surface area contributed by atoms with Gasteiger partial charge in [-0.2, -0.15) is 0 Å². The Hall–Kier alpha value is -2.81. The van der Waals surface area contributed by atoms with Gasteiger partial charge in [0.25, 0.3) is 5.91 Å². The molecule has 1 saturated heterocycles. The van der Waals surface area contributed by atoms with E-state index in [0.717, 1.165) is 42.5 Å². The summed E-state index contributed by atoms with van der Waals surface area (Å²) in [5.41, 5.74) is 1.38. The van der Waals surface area contributed by atoms with Crippen LogP contribution in [-0.4, -0.2) is 30.5 Å². The van der Waals surface area contributed by atoms with Crippen molar-refractivity contribution in [2.24, 2.45) is 0 Å². The molecule has 1 aliphatic heterocycles. The molecule has 0 N–H and O–H groups in total. The number of likely N-dealkylation sites (tertiary alicyclic amines) is 1. The molecule has 1 heterocycles. The van der Waals surface area contributed by atoms with Gasteiger partial charge < -0.3 is 9.64 Å². The molecule has 132 valence electrons. The van der Waals surface area contributed by atoms with Gasteiger partial charge in [-0.15, -0.1) is 0 Å². The van der Waals surface area contributed by atoms with Crippen molar-refractivity contribution in [1.82, 2.24) is 4.90 Å². The van der Waals surface area contributed by atoms with Crippen LogP contribution < -0.4 is 4.74 Å². The molecule has 3 aromatic carbocycles. The predicted octanol–water partition coefficient (Wildman–Crippen LogP) is 4.62. The topological polar surface area (TPSA) is 29.5 Å². The molecular weight excluding hydrogens is 322 g/mol. The minimum atomic E-state index is 0.0736. The van der Waals surface area contributed by atoms with Gasteiger partial charge in [-0.25, -0.2) is 0 Å². The zero-order valence-electron chi connectivity index (χ0n) is 14.8. The zero-order chi connectivity index (χ0) is 17.8. The van der Waals surface area contributed by atoms with Crippen LogP contribution in [0.5, 0.6) is 5.75 Å². The molecule has 0 saturated carbocycles. The Kier molecular flexibility index (Phi) is 4.87. The van der Waals surface area contributed by atoms with Crippen molar-refractivity contribution in [3.8, 4) is 5.75 Å². The molecule has 3 heteroatoms. The minimum Gasteiger partial charge on any atom is -0.483 e. The SMILES string of the molecule is O=C(COc1cccc2ccccc12)N1CCC(c2ccccc2)CC1. The second kappa shape index (κ2) is 7.61. The van der Waals surface area contributed by atoms with Gasteiger partial charge in [0.1, 0.15) is 5.75 Å². The van der Waals surface area contributed by atoms with Crippen LogP contribution in [-0.2, 0) is 4.79 Å². The van der Waals surface area contributed by atoms with E-state index in [-0.39, 0.29) is 12.5 Å². The molecule has 3 aromatic rings. The number of benzene rings is 3. The van der Waals surface area contributed by atoms with Crippen LogP contribution in [0.4, 0.5) is 0 Å². The van der Waals surface area contributed by atoms with Crippen molar-refractivity contribution in [2.75, 3.05) is 19.7 Å². The standard InChI is InChI=1S/C23H23NO2/c25-23(17-26-22-12-6-10-20-9-4-5-11-21(20)22)24-15-13-19(14-16-24)18-7-2-1-3-8-18/h1-12,19H,13-17H2. The third-order valence-electron chi connectivity index (χ3n) is 5.22. The quantitative estimate of drug-likeness (QED) is 0.690. The van der Waals surface area contributed by atoms with Gasteiger partial charge in [0.2, 0.25) is 0 Å². The monoisotopic (exact) mass is 345 g/mol. The van der Waals surface area contributed by atoms with Crippen molar-refractivity contribution in [3.63, 3.8) is 0 Å².